The van der Waals surface area contributed by atoms with E-state index in [1.807, 2.05) is 18.9 Å². The van der Waals surface area contributed by atoms with Gasteiger partial charge in [0, 0.05) is 73.4 Å². The van der Waals surface area contributed by atoms with Crippen LogP contribution in [0.1, 0.15) is 51.1 Å². The van der Waals surface area contributed by atoms with Gasteiger partial charge in [-0.25, -0.2) is 15.0 Å². The summed E-state index contributed by atoms with van der Waals surface area (Å²) in [5.74, 6) is 5.64. The number of benzene rings is 2. The Balaban J connectivity index is 1.24. The minimum Gasteiger partial charge on any atom is -0.322 e. The van der Waals surface area contributed by atoms with Gasteiger partial charge in [-0.1, -0.05) is 12.0 Å². The molecule has 1 saturated carbocycles. The molecule has 0 bridgehead atoms. The molecule has 2 aromatic carbocycles. The molecule has 47 heavy (non-hydrogen) atoms. The topological polar surface area (TPSA) is 108 Å². The van der Waals surface area contributed by atoms with Gasteiger partial charge in [-0.05, 0) is 62.6 Å². The van der Waals surface area contributed by atoms with Crippen LogP contribution in [-0.4, -0.2) is 74.4 Å². The summed E-state index contributed by atoms with van der Waals surface area (Å²) >= 11 is 0. The van der Waals surface area contributed by atoms with Gasteiger partial charge >= 0.3 is 6.18 Å². The van der Waals surface area contributed by atoms with Crippen LogP contribution in [0.4, 0.5) is 24.7 Å². The number of alkyl halides is 3. The van der Waals surface area contributed by atoms with Crippen LogP contribution in [-0.2, 0) is 17.5 Å². The molecule has 0 unspecified atom stereocenters. The number of aryl methyl sites for hydroxylation is 1. The predicted octanol–water partition coefficient (Wildman–Crippen LogP) is 4.74. The van der Waals surface area contributed by atoms with Crippen LogP contribution in [0.2, 0.25) is 0 Å². The number of carbonyl (C=O) groups excluding carboxylic acids is 2. The second-order valence-corrected chi connectivity index (χ2v) is 11.9. The van der Waals surface area contributed by atoms with Crippen molar-refractivity contribution in [1.82, 2.24) is 29.3 Å². The van der Waals surface area contributed by atoms with E-state index in [9.17, 15) is 22.8 Å². The van der Waals surface area contributed by atoms with E-state index in [4.69, 9.17) is 0 Å². The van der Waals surface area contributed by atoms with Crippen LogP contribution >= 0.6 is 0 Å². The van der Waals surface area contributed by atoms with Crippen molar-refractivity contribution in [2.45, 2.75) is 32.5 Å². The molecule has 2 aliphatic rings. The third-order valence-electron chi connectivity index (χ3n) is 8.23. The maximum atomic E-state index is 14.6. The van der Waals surface area contributed by atoms with Crippen LogP contribution in [0.25, 0.3) is 5.69 Å². The molecule has 0 atom stereocenters. The molecule has 2 N–H and O–H groups in total. The Labute approximate surface area is 270 Å². The second-order valence-electron chi connectivity index (χ2n) is 11.9. The molecular weight excluding hydrogens is 609 g/mol. The summed E-state index contributed by atoms with van der Waals surface area (Å²) in [6.07, 6.45) is 4.51. The molecule has 0 spiro atoms. The first-order valence-electron chi connectivity index (χ1n) is 15.2. The number of halogens is 3. The summed E-state index contributed by atoms with van der Waals surface area (Å²) in [6, 6.07) is 7.44. The molecule has 6 rings (SSSR count). The average molecular weight is 643 g/mol. The van der Waals surface area contributed by atoms with E-state index in [0.29, 0.717) is 35.9 Å². The Kier molecular flexibility index (Phi) is 9.06. The zero-order chi connectivity index (χ0) is 33.1. The van der Waals surface area contributed by atoms with E-state index >= 15 is 0 Å². The number of aromatic nitrogens is 4. The standard InChI is InChI=1S/C34H33F3N8O2/c1-22-3-4-25(15-24(22)7-8-26-18-40-31(19-39-26)42-32(46)23-5-6-23)33(47)41-27-16-29(34(35,36)37)28(20-44-13-11-43(2)12-14-44)30(17-27)45-10-9-38-21-45/h3-4,9-10,15-19,21,23H,5-6,11-14,20H2,1-2H3,(H,41,47)(H,40,42,46). The Hall–Kier alpha value is -5.06. The quantitative estimate of drug-likeness (QED) is 0.281. The Bertz CT molecular complexity index is 1830. The summed E-state index contributed by atoms with van der Waals surface area (Å²) < 4.78 is 45.2. The van der Waals surface area contributed by atoms with Crippen molar-refractivity contribution in [2.75, 3.05) is 43.9 Å². The van der Waals surface area contributed by atoms with Gasteiger partial charge in [0.2, 0.25) is 5.91 Å². The summed E-state index contributed by atoms with van der Waals surface area (Å²) in [5.41, 5.74) is 1.54. The van der Waals surface area contributed by atoms with Crippen molar-refractivity contribution in [3.05, 3.63) is 95.0 Å². The summed E-state index contributed by atoms with van der Waals surface area (Å²) in [4.78, 5) is 42.0. The maximum Gasteiger partial charge on any atom is 0.416 e. The number of nitrogens with one attached hydrogen (secondary N) is 2. The predicted molar refractivity (Wildman–Crippen MR) is 170 cm³/mol. The highest BCUT2D eigenvalue weighted by Crippen LogP contribution is 2.38. The fourth-order valence-electron chi connectivity index (χ4n) is 5.27. The van der Waals surface area contributed by atoms with Crippen molar-refractivity contribution in [1.29, 1.82) is 0 Å². The van der Waals surface area contributed by atoms with Crippen molar-refractivity contribution in [3.63, 3.8) is 0 Å². The van der Waals surface area contributed by atoms with Crippen molar-refractivity contribution >= 4 is 23.3 Å². The highest BCUT2D eigenvalue weighted by molar-refractivity contribution is 6.04. The number of piperazine rings is 1. The van der Waals surface area contributed by atoms with Crippen molar-refractivity contribution in [3.8, 4) is 17.5 Å². The SMILES string of the molecule is Cc1ccc(C(=O)Nc2cc(-n3ccnc3)c(CN3CCN(C)CC3)c(C(F)(F)F)c2)cc1C#Cc1cnc(NC(=O)C2CC2)cn1. The van der Waals surface area contributed by atoms with E-state index < -0.39 is 17.6 Å². The lowest BCUT2D eigenvalue weighted by Gasteiger charge is -2.33. The number of imidazole rings is 1. The van der Waals surface area contributed by atoms with Gasteiger partial charge in [0.25, 0.3) is 5.91 Å². The van der Waals surface area contributed by atoms with E-state index in [0.717, 1.165) is 37.6 Å². The van der Waals surface area contributed by atoms with Gasteiger partial charge < -0.3 is 20.1 Å². The molecule has 2 amide bonds. The lowest BCUT2D eigenvalue weighted by atomic mass is 10.0. The number of hydrogen-bond acceptors (Lipinski definition) is 7. The van der Waals surface area contributed by atoms with Crippen LogP contribution in [0.5, 0.6) is 0 Å². The second kappa shape index (κ2) is 13.4. The molecule has 4 aromatic rings. The third-order valence-corrected chi connectivity index (χ3v) is 8.23. The summed E-state index contributed by atoms with van der Waals surface area (Å²) in [7, 11) is 1.99. The fraction of sp³-hybridized carbons (Fsp3) is 0.324. The Morgan fingerprint density at radius 1 is 1.00 bits per heavy atom. The monoisotopic (exact) mass is 642 g/mol. The highest BCUT2D eigenvalue weighted by Gasteiger charge is 2.36. The number of anilines is 2. The van der Waals surface area contributed by atoms with Gasteiger partial charge in [0.1, 0.15) is 5.69 Å². The third kappa shape index (κ3) is 7.85. The number of amides is 2. The maximum absolute atomic E-state index is 14.6. The molecule has 1 aliphatic heterocycles. The van der Waals surface area contributed by atoms with Gasteiger partial charge in [-0.3, -0.25) is 14.5 Å². The number of likely N-dealkylation sites (N-methyl/N-ethyl adjacent to an activating group) is 1. The van der Waals surface area contributed by atoms with Gasteiger partial charge in [0.05, 0.1) is 30.0 Å². The fourth-order valence-corrected chi connectivity index (χ4v) is 5.27. The highest BCUT2D eigenvalue weighted by atomic mass is 19.4. The van der Waals surface area contributed by atoms with Crippen LogP contribution in [0, 0.1) is 24.7 Å². The number of nitrogens with zero attached hydrogens (tertiary/aromatic N) is 6. The average Bonchev–Trinajstić information content (AvgIpc) is 3.76. The molecule has 2 fully saturated rings. The minimum absolute atomic E-state index is 0.00509. The molecule has 242 valence electrons. The first-order chi connectivity index (χ1) is 22.5. The Morgan fingerprint density at radius 2 is 1.79 bits per heavy atom. The summed E-state index contributed by atoms with van der Waals surface area (Å²) in [6.45, 7) is 4.75. The number of hydrogen-bond donors (Lipinski definition) is 2. The van der Waals surface area contributed by atoms with E-state index in [1.54, 1.807) is 30.5 Å². The lowest BCUT2D eigenvalue weighted by molar-refractivity contribution is -0.138. The van der Waals surface area contributed by atoms with Crippen LogP contribution in [0.3, 0.4) is 0 Å². The normalized spacial score (nSPS) is 15.5. The first-order valence-corrected chi connectivity index (χ1v) is 15.2. The zero-order valence-corrected chi connectivity index (χ0v) is 25.9. The number of rotatable bonds is 7. The van der Waals surface area contributed by atoms with Crippen LogP contribution in [0.15, 0.2) is 61.4 Å². The van der Waals surface area contributed by atoms with E-state index in [2.05, 4.69) is 42.3 Å². The van der Waals surface area contributed by atoms with E-state index in [-0.39, 0.29) is 35.2 Å². The Morgan fingerprint density at radius 3 is 2.45 bits per heavy atom. The molecule has 1 aliphatic carbocycles. The van der Waals surface area contributed by atoms with Crippen molar-refractivity contribution < 1.29 is 22.8 Å². The van der Waals surface area contributed by atoms with E-state index in [1.165, 1.54) is 29.5 Å². The molecular formula is C34H33F3N8O2. The summed E-state index contributed by atoms with van der Waals surface area (Å²) in [5, 5.41) is 5.39. The van der Waals surface area contributed by atoms with Gasteiger partial charge in [-0.2, -0.15) is 13.2 Å². The molecule has 3 heterocycles. The van der Waals surface area contributed by atoms with Crippen molar-refractivity contribution in [2.24, 2.45) is 5.92 Å². The first kappa shape index (κ1) is 31.9. The van der Waals surface area contributed by atoms with Gasteiger partial charge in [0.15, 0.2) is 5.82 Å². The smallest absolute Gasteiger partial charge is 0.322 e. The molecule has 1 saturated heterocycles. The molecule has 13 heteroatoms. The minimum atomic E-state index is -4.66. The zero-order valence-electron chi connectivity index (χ0n) is 25.9. The lowest BCUT2D eigenvalue weighted by Crippen LogP contribution is -2.44. The van der Waals surface area contributed by atoms with Gasteiger partial charge in [-0.15, -0.1) is 0 Å². The molecule has 0 radical (unpaired) electrons. The number of carbonyl (C=O) groups is 2. The molecule has 10 nitrogen and oxygen atoms in total. The largest absolute Gasteiger partial charge is 0.416 e. The molecule has 2 aromatic heterocycles. The van der Waals surface area contributed by atoms with Crippen LogP contribution < -0.4 is 10.6 Å².